The Balaban J connectivity index is 1.72. The van der Waals surface area contributed by atoms with Crippen molar-refractivity contribution < 1.29 is 18.3 Å². The molecule has 146 valence electrons. The summed E-state index contributed by atoms with van der Waals surface area (Å²) in [5.41, 5.74) is 2.91. The van der Waals surface area contributed by atoms with Gasteiger partial charge in [0.2, 0.25) is 0 Å². The van der Waals surface area contributed by atoms with Crippen molar-refractivity contribution in [3.63, 3.8) is 0 Å². The molecule has 1 amide bonds. The van der Waals surface area contributed by atoms with E-state index in [-0.39, 0.29) is 5.69 Å². The van der Waals surface area contributed by atoms with Crippen LogP contribution in [0, 0.1) is 18.6 Å². The second-order valence-electron chi connectivity index (χ2n) is 6.56. The lowest BCUT2D eigenvalue weighted by Gasteiger charge is -2.12. The van der Waals surface area contributed by atoms with Crippen molar-refractivity contribution in [2.75, 3.05) is 12.4 Å². The number of carbonyl (C=O) groups excluding carboxylic acids is 1. The van der Waals surface area contributed by atoms with Crippen LogP contribution in [0.25, 0.3) is 16.9 Å². The Labute approximate surface area is 165 Å². The van der Waals surface area contributed by atoms with Crippen molar-refractivity contribution in [2.45, 2.75) is 6.92 Å². The number of carbonyl (C=O) groups is 1. The lowest BCUT2D eigenvalue weighted by molar-refractivity contribution is 0.101. The van der Waals surface area contributed by atoms with Crippen molar-refractivity contribution in [3.05, 3.63) is 83.7 Å². The highest BCUT2D eigenvalue weighted by atomic mass is 19.1. The summed E-state index contributed by atoms with van der Waals surface area (Å²) in [6, 6.07) is 12.3. The maximum atomic E-state index is 13.9. The van der Waals surface area contributed by atoms with Gasteiger partial charge in [-0.1, -0.05) is 6.07 Å². The van der Waals surface area contributed by atoms with Crippen LogP contribution in [0.2, 0.25) is 0 Å². The number of fused-ring (bicyclic) bond motifs is 1. The van der Waals surface area contributed by atoms with Gasteiger partial charge in [-0.05, 0) is 55.0 Å². The smallest absolute Gasteiger partial charge is 0.261 e. The van der Waals surface area contributed by atoms with Crippen LogP contribution in [0.3, 0.4) is 0 Å². The van der Waals surface area contributed by atoms with E-state index in [4.69, 9.17) is 4.74 Å². The zero-order chi connectivity index (χ0) is 20.5. The van der Waals surface area contributed by atoms with Gasteiger partial charge >= 0.3 is 0 Å². The van der Waals surface area contributed by atoms with Crippen LogP contribution in [-0.2, 0) is 0 Å². The fourth-order valence-electron chi connectivity index (χ4n) is 3.09. The quantitative estimate of drug-likeness (QED) is 0.539. The largest absolute Gasteiger partial charge is 0.495 e. The van der Waals surface area contributed by atoms with E-state index in [1.54, 1.807) is 18.2 Å². The fraction of sp³-hybridized carbons (Fsp3) is 0.0909. The molecule has 0 radical (unpaired) electrons. The van der Waals surface area contributed by atoms with E-state index in [0.717, 1.165) is 28.9 Å². The number of benzene rings is 2. The highest BCUT2D eigenvalue weighted by Gasteiger charge is 2.19. The highest BCUT2D eigenvalue weighted by molar-refractivity contribution is 6.05. The molecule has 0 aliphatic rings. The summed E-state index contributed by atoms with van der Waals surface area (Å²) in [5, 5.41) is 2.53. The van der Waals surface area contributed by atoms with Crippen molar-refractivity contribution in [1.29, 1.82) is 0 Å². The van der Waals surface area contributed by atoms with E-state index >= 15 is 0 Å². The van der Waals surface area contributed by atoms with Gasteiger partial charge in [-0.2, -0.15) is 0 Å². The molecule has 5 nitrogen and oxygen atoms in total. The van der Waals surface area contributed by atoms with Crippen LogP contribution in [0.4, 0.5) is 14.5 Å². The minimum Gasteiger partial charge on any atom is -0.495 e. The van der Waals surface area contributed by atoms with Gasteiger partial charge in [-0.3, -0.25) is 4.79 Å². The lowest BCUT2D eigenvalue weighted by Crippen LogP contribution is -2.16. The van der Waals surface area contributed by atoms with Crippen LogP contribution >= 0.6 is 0 Å². The van der Waals surface area contributed by atoms with Crippen molar-refractivity contribution in [2.24, 2.45) is 0 Å². The summed E-state index contributed by atoms with van der Waals surface area (Å²) in [4.78, 5) is 17.1. The number of halogens is 2. The predicted octanol–water partition coefficient (Wildman–Crippen LogP) is 4.85. The Morgan fingerprint density at radius 1 is 1.10 bits per heavy atom. The normalized spacial score (nSPS) is 10.9. The third-order valence-corrected chi connectivity index (χ3v) is 4.55. The molecule has 0 aliphatic heterocycles. The molecule has 4 aromatic rings. The molecule has 7 heteroatoms. The number of rotatable bonds is 4. The van der Waals surface area contributed by atoms with Crippen LogP contribution < -0.4 is 10.1 Å². The van der Waals surface area contributed by atoms with Crippen LogP contribution in [-0.4, -0.2) is 22.4 Å². The number of ether oxygens (including phenoxy) is 1. The Morgan fingerprint density at radius 2 is 1.86 bits per heavy atom. The molecule has 0 spiro atoms. The second-order valence-corrected chi connectivity index (χ2v) is 6.56. The van der Waals surface area contributed by atoms with E-state index in [1.165, 1.54) is 13.2 Å². The number of aryl methyl sites for hydroxylation is 1. The third-order valence-electron chi connectivity index (χ3n) is 4.55. The molecule has 2 aromatic heterocycles. The Morgan fingerprint density at radius 3 is 2.59 bits per heavy atom. The maximum absolute atomic E-state index is 13.9. The summed E-state index contributed by atoms with van der Waals surface area (Å²) < 4.78 is 35.0. The lowest BCUT2D eigenvalue weighted by atomic mass is 10.1. The number of imidazole rings is 1. The average molecular weight is 393 g/mol. The van der Waals surface area contributed by atoms with E-state index in [0.29, 0.717) is 11.4 Å². The maximum Gasteiger partial charge on any atom is 0.261 e. The number of aromatic nitrogens is 2. The first-order valence-corrected chi connectivity index (χ1v) is 8.85. The summed E-state index contributed by atoms with van der Waals surface area (Å²) in [6.07, 6.45) is 3.77. The molecule has 2 aromatic carbocycles. The van der Waals surface area contributed by atoms with Gasteiger partial charge in [0.15, 0.2) is 0 Å². The van der Waals surface area contributed by atoms with E-state index < -0.39 is 23.1 Å². The Bertz CT molecular complexity index is 1210. The zero-order valence-electron chi connectivity index (χ0n) is 15.7. The molecule has 0 saturated heterocycles. The monoisotopic (exact) mass is 393 g/mol. The number of anilines is 1. The van der Waals surface area contributed by atoms with Gasteiger partial charge in [-0.15, -0.1) is 0 Å². The number of amides is 1. The van der Waals surface area contributed by atoms with Crippen molar-refractivity contribution >= 4 is 17.2 Å². The number of nitrogens with zero attached hydrogens (tertiary/aromatic N) is 2. The van der Waals surface area contributed by atoms with Gasteiger partial charge in [0, 0.05) is 18.0 Å². The predicted molar refractivity (Wildman–Crippen MR) is 106 cm³/mol. The SMILES string of the molecule is COc1ccc(-c2cn3ccc(C)cc3n2)cc1NC(=O)c1c(F)cccc1F. The first-order valence-electron chi connectivity index (χ1n) is 8.85. The number of pyridine rings is 1. The number of hydrogen-bond acceptors (Lipinski definition) is 3. The molecule has 0 saturated carbocycles. The zero-order valence-corrected chi connectivity index (χ0v) is 15.7. The Kier molecular flexibility index (Phi) is 4.72. The molecule has 0 unspecified atom stereocenters. The standard InChI is InChI=1S/C22H17F2N3O2/c1-13-8-9-27-12-18(25-20(27)10-13)14-6-7-19(29-2)17(11-14)26-22(28)21-15(23)4-3-5-16(21)24/h3-12H,1-2H3,(H,26,28). The van der Waals surface area contributed by atoms with Gasteiger partial charge in [-0.25, -0.2) is 13.8 Å². The summed E-state index contributed by atoms with van der Waals surface area (Å²) >= 11 is 0. The van der Waals surface area contributed by atoms with Crippen LogP contribution in [0.1, 0.15) is 15.9 Å². The highest BCUT2D eigenvalue weighted by Crippen LogP contribution is 2.31. The van der Waals surface area contributed by atoms with E-state index in [1.807, 2.05) is 35.9 Å². The van der Waals surface area contributed by atoms with E-state index in [2.05, 4.69) is 10.3 Å². The number of hydrogen-bond donors (Lipinski definition) is 1. The molecule has 1 N–H and O–H groups in total. The minimum absolute atomic E-state index is 0.283. The molecular weight excluding hydrogens is 376 g/mol. The number of nitrogens with one attached hydrogen (secondary N) is 1. The molecule has 0 atom stereocenters. The molecule has 0 bridgehead atoms. The molecule has 29 heavy (non-hydrogen) atoms. The van der Waals surface area contributed by atoms with Crippen molar-refractivity contribution in [3.8, 4) is 17.0 Å². The second kappa shape index (κ2) is 7.35. The minimum atomic E-state index is -0.937. The fourth-order valence-corrected chi connectivity index (χ4v) is 3.09. The van der Waals surface area contributed by atoms with Gasteiger partial charge < -0.3 is 14.5 Å². The molecule has 0 aliphatic carbocycles. The van der Waals surface area contributed by atoms with E-state index in [9.17, 15) is 13.6 Å². The van der Waals surface area contributed by atoms with Crippen LogP contribution in [0.15, 0.2) is 60.9 Å². The Hall–Kier alpha value is -3.74. The molecular formula is C22H17F2N3O2. The van der Waals surface area contributed by atoms with Gasteiger partial charge in [0.1, 0.15) is 28.6 Å². The van der Waals surface area contributed by atoms with Crippen LogP contribution in [0.5, 0.6) is 5.75 Å². The van der Waals surface area contributed by atoms with Gasteiger partial charge in [0.25, 0.3) is 5.91 Å². The third kappa shape index (κ3) is 3.54. The molecule has 2 heterocycles. The first kappa shape index (κ1) is 18.6. The molecule has 0 fully saturated rings. The topological polar surface area (TPSA) is 55.6 Å². The number of methoxy groups -OCH3 is 1. The average Bonchev–Trinajstić information content (AvgIpc) is 3.11. The summed E-state index contributed by atoms with van der Waals surface area (Å²) in [7, 11) is 1.45. The molecule has 4 rings (SSSR count). The summed E-state index contributed by atoms with van der Waals surface area (Å²) in [6.45, 7) is 1.98. The van der Waals surface area contributed by atoms with Gasteiger partial charge in [0.05, 0.1) is 18.5 Å². The summed E-state index contributed by atoms with van der Waals surface area (Å²) in [5.74, 6) is -2.41. The first-order chi connectivity index (χ1) is 14.0. The van der Waals surface area contributed by atoms with Crippen molar-refractivity contribution in [1.82, 2.24) is 9.38 Å².